The third-order valence-corrected chi connectivity index (χ3v) is 5.63. The zero-order valence-electron chi connectivity index (χ0n) is 15.2. The Morgan fingerprint density at radius 2 is 2.00 bits per heavy atom. The summed E-state index contributed by atoms with van der Waals surface area (Å²) >= 11 is 0. The van der Waals surface area contributed by atoms with Crippen molar-refractivity contribution in [3.05, 3.63) is 30.1 Å². The summed E-state index contributed by atoms with van der Waals surface area (Å²) in [5.41, 5.74) is 16.7. The zero-order valence-corrected chi connectivity index (χ0v) is 15.2. The fraction of sp³-hybridized carbons (Fsp3) is 0.421. The van der Waals surface area contributed by atoms with E-state index in [1.165, 1.54) is 5.56 Å². The molecule has 0 amide bonds. The third-order valence-electron chi connectivity index (χ3n) is 5.63. The maximum absolute atomic E-state index is 6.02. The van der Waals surface area contributed by atoms with Crippen molar-refractivity contribution in [1.29, 1.82) is 0 Å². The van der Waals surface area contributed by atoms with Gasteiger partial charge in [0.15, 0.2) is 11.5 Å². The lowest BCUT2D eigenvalue weighted by molar-refractivity contribution is 0.410. The quantitative estimate of drug-likeness (QED) is 0.526. The molecule has 2 aromatic heterocycles. The topological polar surface area (TPSA) is 122 Å². The maximum atomic E-state index is 6.02. The van der Waals surface area contributed by atoms with Gasteiger partial charge in [0.05, 0.1) is 6.33 Å². The Morgan fingerprint density at radius 1 is 1.15 bits per heavy atom. The number of nitrogens with zero attached hydrogens (tertiary/aromatic N) is 4. The Labute approximate surface area is 157 Å². The molecule has 1 aromatic carbocycles. The van der Waals surface area contributed by atoms with Crippen molar-refractivity contribution in [2.75, 3.05) is 22.5 Å². The molecule has 1 aliphatic heterocycles. The highest BCUT2D eigenvalue weighted by Crippen LogP contribution is 2.37. The van der Waals surface area contributed by atoms with Crippen LogP contribution in [0.1, 0.15) is 31.2 Å². The monoisotopic (exact) mass is 364 g/mol. The molecule has 1 fully saturated rings. The van der Waals surface area contributed by atoms with Crippen LogP contribution in [0.4, 0.5) is 23.1 Å². The molecule has 0 unspecified atom stereocenters. The van der Waals surface area contributed by atoms with Gasteiger partial charge in [0.1, 0.15) is 5.52 Å². The van der Waals surface area contributed by atoms with Gasteiger partial charge in [-0.2, -0.15) is 9.97 Å². The average Bonchev–Trinajstić information content (AvgIpc) is 3.29. The Balaban J connectivity index is 1.50. The van der Waals surface area contributed by atoms with Gasteiger partial charge >= 0.3 is 0 Å². The second kappa shape index (κ2) is 6.38. The predicted octanol–water partition coefficient (Wildman–Crippen LogP) is 2.31. The van der Waals surface area contributed by atoms with E-state index in [4.69, 9.17) is 16.5 Å². The number of hydrogen-bond acceptors (Lipinski definition) is 7. The molecule has 0 bridgehead atoms. The molecule has 0 radical (unpaired) electrons. The fourth-order valence-corrected chi connectivity index (χ4v) is 4.17. The number of imidazole rings is 1. The Kier molecular flexibility index (Phi) is 3.86. The van der Waals surface area contributed by atoms with Crippen LogP contribution in [-0.2, 0) is 6.42 Å². The highest BCUT2D eigenvalue weighted by molar-refractivity contribution is 5.88. The van der Waals surface area contributed by atoms with Crippen LogP contribution in [0.3, 0.4) is 0 Å². The molecule has 1 aliphatic carbocycles. The van der Waals surface area contributed by atoms with Crippen molar-refractivity contribution in [2.45, 2.75) is 44.2 Å². The molecule has 140 valence electrons. The predicted molar refractivity (Wildman–Crippen MR) is 107 cm³/mol. The lowest BCUT2D eigenvalue weighted by Crippen LogP contribution is -2.33. The number of nitrogens with two attached hydrogens (primary N) is 2. The van der Waals surface area contributed by atoms with E-state index < -0.39 is 0 Å². The molecule has 2 aliphatic rings. The van der Waals surface area contributed by atoms with Gasteiger partial charge in [0, 0.05) is 30.0 Å². The first-order valence-corrected chi connectivity index (χ1v) is 9.56. The van der Waals surface area contributed by atoms with Gasteiger partial charge in [0.2, 0.25) is 5.95 Å². The summed E-state index contributed by atoms with van der Waals surface area (Å²) in [5.74, 6) is 1.49. The second-order valence-corrected chi connectivity index (χ2v) is 7.52. The van der Waals surface area contributed by atoms with E-state index in [0.717, 1.165) is 61.4 Å². The van der Waals surface area contributed by atoms with Gasteiger partial charge in [0.25, 0.3) is 0 Å². The van der Waals surface area contributed by atoms with Gasteiger partial charge in [-0.25, -0.2) is 4.98 Å². The van der Waals surface area contributed by atoms with E-state index in [1.54, 1.807) is 6.33 Å². The first-order valence-electron chi connectivity index (χ1n) is 9.56. The van der Waals surface area contributed by atoms with Crippen LogP contribution in [-0.4, -0.2) is 38.6 Å². The number of hydrogen-bond donors (Lipinski definition) is 4. The summed E-state index contributed by atoms with van der Waals surface area (Å²) in [6.45, 7) is 0.863. The Bertz CT molecular complexity index is 973. The fourth-order valence-electron chi connectivity index (χ4n) is 4.17. The van der Waals surface area contributed by atoms with Crippen LogP contribution >= 0.6 is 0 Å². The minimum absolute atomic E-state index is 0.321. The molecule has 8 nitrogen and oxygen atoms in total. The third kappa shape index (κ3) is 2.95. The van der Waals surface area contributed by atoms with Crippen molar-refractivity contribution in [3.8, 4) is 0 Å². The number of aromatic amines is 1. The van der Waals surface area contributed by atoms with E-state index in [-0.39, 0.29) is 0 Å². The maximum Gasteiger partial charge on any atom is 0.227 e. The van der Waals surface area contributed by atoms with E-state index in [2.05, 4.69) is 31.2 Å². The minimum Gasteiger partial charge on any atom is -0.399 e. The zero-order chi connectivity index (χ0) is 18.4. The number of nitrogen functional groups attached to an aromatic ring is 1. The largest absolute Gasteiger partial charge is 0.399 e. The number of rotatable bonds is 3. The SMILES string of the molecule is Nc1ccc2c(c1)CCN2c1nc(NC2CCC(N)CC2)nc2nc[nH]c12. The first-order chi connectivity index (χ1) is 13.2. The van der Waals surface area contributed by atoms with Crippen LogP contribution in [0.5, 0.6) is 0 Å². The van der Waals surface area contributed by atoms with Crippen molar-refractivity contribution in [2.24, 2.45) is 5.73 Å². The van der Waals surface area contributed by atoms with Gasteiger partial charge in [-0.3, -0.25) is 0 Å². The number of H-pyrrole nitrogens is 1. The molecule has 3 heterocycles. The summed E-state index contributed by atoms with van der Waals surface area (Å²) in [4.78, 5) is 19.3. The molecule has 3 aromatic rings. The lowest BCUT2D eigenvalue weighted by Gasteiger charge is -2.27. The molecule has 6 N–H and O–H groups in total. The standard InChI is InChI=1S/C19H24N8/c20-12-1-4-14(5-2-12)24-19-25-17-16(22-10-23-17)18(26-19)27-8-7-11-9-13(21)3-6-15(11)27/h3,6,9-10,12,14H,1-2,4-5,7-8,20-21H2,(H2,22,23,24,25,26). The molecule has 5 rings (SSSR count). The van der Waals surface area contributed by atoms with Gasteiger partial charge in [-0.15, -0.1) is 0 Å². The highest BCUT2D eigenvalue weighted by atomic mass is 15.3. The van der Waals surface area contributed by atoms with Gasteiger partial charge in [-0.1, -0.05) is 0 Å². The van der Waals surface area contributed by atoms with Crippen LogP contribution in [0.25, 0.3) is 11.2 Å². The Morgan fingerprint density at radius 3 is 2.85 bits per heavy atom. The molecule has 0 spiro atoms. The van der Waals surface area contributed by atoms with Crippen LogP contribution in [0, 0.1) is 0 Å². The minimum atomic E-state index is 0.321. The smallest absolute Gasteiger partial charge is 0.227 e. The van der Waals surface area contributed by atoms with Crippen LogP contribution in [0.15, 0.2) is 24.5 Å². The summed E-state index contributed by atoms with van der Waals surface area (Å²) in [6.07, 6.45) is 6.79. The number of aromatic nitrogens is 4. The molecular formula is C19H24N8. The number of nitrogens with one attached hydrogen (secondary N) is 2. The van der Waals surface area contributed by atoms with Crippen LogP contribution in [0.2, 0.25) is 0 Å². The normalized spacial score (nSPS) is 22.2. The molecule has 8 heteroatoms. The van der Waals surface area contributed by atoms with Crippen molar-refractivity contribution >= 4 is 34.3 Å². The molecule has 1 saturated carbocycles. The first kappa shape index (κ1) is 16.3. The van der Waals surface area contributed by atoms with E-state index >= 15 is 0 Å². The lowest BCUT2D eigenvalue weighted by atomic mass is 9.92. The molecular weight excluding hydrogens is 340 g/mol. The van der Waals surface area contributed by atoms with Crippen molar-refractivity contribution in [1.82, 2.24) is 19.9 Å². The van der Waals surface area contributed by atoms with Gasteiger partial charge < -0.3 is 26.7 Å². The number of anilines is 4. The second-order valence-electron chi connectivity index (χ2n) is 7.52. The van der Waals surface area contributed by atoms with Crippen molar-refractivity contribution in [3.63, 3.8) is 0 Å². The summed E-state index contributed by atoms with van der Waals surface area (Å²) in [5, 5.41) is 3.50. The molecule has 0 atom stereocenters. The van der Waals surface area contributed by atoms with E-state index in [9.17, 15) is 0 Å². The molecule has 27 heavy (non-hydrogen) atoms. The summed E-state index contributed by atoms with van der Waals surface area (Å²) < 4.78 is 0. The Hall–Kier alpha value is -2.87. The van der Waals surface area contributed by atoms with Crippen molar-refractivity contribution < 1.29 is 0 Å². The van der Waals surface area contributed by atoms with Crippen LogP contribution < -0.4 is 21.7 Å². The summed E-state index contributed by atoms with van der Waals surface area (Å²) in [6, 6.07) is 6.73. The average molecular weight is 364 g/mol. The van der Waals surface area contributed by atoms with Gasteiger partial charge in [-0.05, 0) is 55.9 Å². The van der Waals surface area contributed by atoms with E-state index in [1.807, 2.05) is 12.1 Å². The molecule has 0 saturated heterocycles. The number of benzene rings is 1. The van der Waals surface area contributed by atoms with E-state index in [0.29, 0.717) is 23.7 Å². The number of fused-ring (bicyclic) bond motifs is 2. The highest BCUT2D eigenvalue weighted by Gasteiger charge is 2.26. The summed E-state index contributed by atoms with van der Waals surface area (Å²) in [7, 11) is 0.